The van der Waals surface area contributed by atoms with E-state index in [0.29, 0.717) is 11.5 Å². The summed E-state index contributed by atoms with van der Waals surface area (Å²) in [4.78, 5) is 4.87. The van der Waals surface area contributed by atoms with Crippen LogP contribution in [0.5, 0.6) is 11.5 Å². The second-order valence-corrected chi connectivity index (χ2v) is 19.1. The second kappa shape index (κ2) is 16.3. The van der Waals surface area contributed by atoms with Crippen LogP contribution in [0.3, 0.4) is 0 Å². The van der Waals surface area contributed by atoms with Crippen molar-refractivity contribution in [3.05, 3.63) is 187 Å². The Kier molecular flexibility index (Phi) is 11.2. The van der Waals surface area contributed by atoms with E-state index >= 15 is 0 Å². The van der Waals surface area contributed by atoms with Gasteiger partial charge in [-0.05, 0) is 91.5 Å². The van der Waals surface area contributed by atoms with Crippen molar-refractivity contribution in [2.24, 2.45) is 0 Å². The summed E-state index contributed by atoms with van der Waals surface area (Å²) in [6.07, 6.45) is 7.85. The third-order valence-electron chi connectivity index (χ3n) is 11.4. The molecule has 0 saturated heterocycles. The first-order valence-corrected chi connectivity index (χ1v) is 21.1. The van der Waals surface area contributed by atoms with E-state index in [4.69, 9.17) is 9.72 Å². The van der Waals surface area contributed by atoms with E-state index in [1.165, 1.54) is 5.56 Å². The summed E-state index contributed by atoms with van der Waals surface area (Å²) in [6, 6.07) is 56.5. The average Bonchev–Trinajstić information content (AvgIpc) is 3.85. The van der Waals surface area contributed by atoms with Crippen LogP contribution >= 0.6 is 0 Å². The largest absolute Gasteiger partial charge is 0.510 e. The van der Waals surface area contributed by atoms with Crippen molar-refractivity contribution in [3.8, 4) is 50.9 Å². The molecule has 0 aliphatic carbocycles. The van der Waals surface area contributed by atoms with Crippen LogP contribution in [-0.2, 0) is 37.3 Å². The van der Waals surface area contributed by atoms with Crippen LogP contribution < -0.4 is 9.30 Å². The summed E-state index contributed by atoms with van der Waals surface area (Å²) in [7, 11) is 0. The maximum absolute atomic E-state index is 6.79. The van der Waals surface area contributed by atoms with Gasteiger partial charge in [-0.25, -0.2) is 4.98 Å². The zero-order valence-corrected chi connectivity index (χ0v) is 39.2. The molecule has 5 nitrogen and oxygen atoms in total. The van der Waals surface area contributed by atoms with E-state index in [2.05, 4.69) is 234 Å². The first kappa shape index (κ1) is 42.7. The number of nitrogens with zero attached hydrogens (tertiary/aromatic N) is 4. The molecule has 0 bridgehead atoms. The number of hydrogen-bond acceptors (Lipinski definition) is 2. The van der Waals surface area contributed by atoms with Crippen molar-refractivity contribution in [2.45, 2.75) is 78.6 Å². The van der Waals surface area contributed by atoms with E-state index in [-0.39, 0.29) is 37.3 Å². The van der Waals surface area contributed by atoms with Crippen LogP contribution in [0.1, 0.15) is 79.1 Å². The number of aromatic nitrogens is 4. The number of para-hydroxylation sites is 1. The van der Waals surface area contributed by atoms with Crippen molar-refractivity contribution in [1.29, 1.82) is 0 Å². The Morgan fingerprint density at radius 2 is 1.18 bits per heavy atom. The fraction of sp³-hybridized carbons (Fsp3) is 0.214. The van der Waals surface area contributed by atoms with Gasteiger partial charge in [-0.3, -0.25) is 4.57 Å². The number of hydrogen-bond donors (Lipinski definition) is 0. The van der Waals surface area contributed by atoms with E-state index in [9.17, 15) is 0 Å². The molecule has 0 spiro atoms. The fourth-order valence-electron chi connectivity index (χ4n) is 8.00. The molecule has 0 N–H and O–H groups in total. The van der Waals surface area contributed by atoms with Gasteiger partial charge in [0, 0.05) is 50.5 Å². The van der Waals surface area contributed by atoms with E-state index in [1.807, 2.05) is 12.3 Å². The molecule has 0 saturated carbocycles. The SMILES string of the molecule is CC(C)(C)c1cc(Oc2[c-]c3c(cc2)c2ccccc2n3-c2cc(C(C)(C)C)ccn2)[c-]c(-n2[c-][n+](-c3cc(-c4ccccc4)cc(-c4ccccc4)c3)c(C(C)(C)C)c2)c1.[Pt]. The van der Waals surface area contributed by atoms with Gasteiger partial charge in [-0.15, -0.1) is 29.7 Å². The zero-order valence-electron chi connectivity index (χ0n) is 36.9. The molecule has 3 aromatic heterocycles. The number of imidazole rings is 1. The minimum absolute atomic E-state index is 0. The summed E-state index contributed by atoms with van der Waals surface area (Å²) in [5.74, 6) is 2.06. The van der Waals surface area contributed by atoms with E-state index < -0.39 is 0 Å². The Bertz CT molecular complexity index is 2990. The standard InChI is InChI=1S/C56H52N4O.Pt/c1-54(2,3)42-26-27-57-53(33-42)60-50-23-17-16-22-48(50)49-25-24-46(35-51(49)60)61-47-32-43(55(4,5)6)31-44(34-47)58-36-52(56(7,8)9)59(37-58)45-29-40(38-18-12-10-13-19-38)28-41(30-45)39-20-14-11-15-21-39;/h10-33,36H,1-9H3;/q-2;. The monoisotopic (exact) mass is 991 g/mol. The molecular weight excluding hydrogens is 940 g/mol. The summed E-state index contributed by atoms with van der Waals surface area (Å²) >= 11 is 0. The zero-order chi connectivity index (χ0) is 42.7. The Hall–Kier alpha value is -6.03. The topological polar surface area (TPSA) is 35.9 Å². The third kappa shape index (κ3) is 8.44. The molecule has 0 aliphatic rings. The number of pyridine rings is 1. The molecule has 0 atom stereocenters. The minimum Gasteiger partial charge on any atom is -0.510 e. The van der Waals surface area contributed by atoms with Gasteiger partial charge >= 0.3 is 0 Å². The second-order valence-electron chi connectivity index (χ2n) is 19.1. The molecule has 0 amide bonds. The van der Waals surface area contributed by atoms with Crippen LogP contribution in [0.2, 0.25) is 0 Å². The number of benzene rings is 6. The molecule has 9 rings (SSSR count). The van der Waals surface area contributed by atoms with Gasteiger partial charge in [0.25, 0.3) is 6.33 Å². The van der Waals surface area contributed by atoms with Gasteiger partial charge in [0.1, 0.15) is 5.82 Å². The predicted molar refractivity (Wildman–Crippen MR) is 249 cm³/mol. The molecule has 0 fully saturated rings. The van der Waals surface area contributed by atoms with Crippen molar-refractivity contribution in [3.63, 3.8) is 0 Å². The maximum atomic E-state index is 6.79. The molecule has 3 heterocycles. The Morgan fingerprint density at radius 1 is 0.548 bits per heavy atom. The van der Waals surface area contributed by atoms with Crippen molar-refractivity contribution in [1.82, 2.24) is 14.1 Å². The first-order valence-electron chi connectivity index (χ1n) is 21.1. The smallest absolute Gasteiger partial charge is 0.267 e. The fourth-order valence-corrected chi connectivity index (χ4v) is 8.00. The molecular formula is C56H52N4OPt-2. The van der Waals surface area contributed by atoms with Gasteiger partial charge in [0.15, 0.2) is 0 Å². The molecule has 0 radical (unpaired) electrons. The number of rotatable bonds is 7. The van der Waals surface area contributed by atoms with Crippen LogP contribution in [0.4, 0.5) is 0 Å². The minimum atomic E-state index is -0.206. The van der Waals surface area contributed by atoms with Gasteiger partial charge in [0.2, 0.25) is 0 Å². The first-order chi connectivity index (χ1) is 29.1. The normalized spacial score (nSPS) is 12.1. The van der Waals surface area contributed by atoms with Crippen molar-refractivity contribution in [2.75, 3.05) is 0 Å². The quantitative estimate of drug-likeness (QED) is 0.118. The summed E-state index contributed by atoms with van der Waals surface area (Å²) in [5, 5.41) is 2.23. The average molecular weight is 992 g/mol. The molecule has 0 aliphatic heterocycles. The number of fused-ring (bicyclic) bond motifs is 3. The molecule has 314 valence electrons. The van der Waals surface area contributed by atoms with Crippen LogP contribution in [-0.4, -0.2) is 14.1 Å². The molecule has 9 aromatic rings. The van der Waals surface area contributed by atoms with E-state index in [1.54, 1.807) is 0 Å². The van der Waals surface area contributed by atoms with Gasteiger partial charge < -0.3 is 13.9 Å². The number of ether oxygens (including phenoxy) is 1. The predicted octanol–water partition coefficient (Wildman–Crippen LogP) is 13.7. The van der Waals surface area contributed by atoms with E-state index in [0.717, 1.165) is 72.5 Å². The van der Waals surface area contributed by atoms with Crippen LogP contribution in [0.25, 0.3) is 61.3 Å². The van der Waals surface area contributed by atoms with Crippen LogP contribution in [0, 0.1) is 18.5 Å². The van der Waals surface area contributed by atoms with Crippen molar-refractivity contribution < 1.29 is 30.4 Å². The van der Waals surface area contributed by atoms with Crippen LogP contribution in [0.15, 0.2) is 152 Å². The summed E-state index contributed by atoms with van der Waals surface area (Å²) in [6.45, 7) is 20.1. The Morgan fingerprint density at radius 3 is 1.81 bits per heavy atom. The maximum Gasteiger partial charge on any atom is 0.267 e. The van der Waals surface area contributed by atoms with Crippen molar-refractivity contribution >= 4 is 21.8 Å². The summed E-state index contributed by atoms with van der Waals surface area (Å²) < 4.78 is 13.3. The Balaban J connectivity index is 0.00000529. The van der Waals surface area contributed by atoms with Gasteiger partial charge in [-0.2, -0.15) is 17.7 Å². The summed E-state index contributed by atoms with van der Waals surface area (Å²) in [5.41, 5.74) is 11.5. The van der Waals surface area contributed by atoms with Gasteiger partial charge in [0.05, 0.1) is 11.4 Å². The third-order valence-corrected chi connectivity index (χ3v) is 11.4. The molecule has 62 heavy (non-hydrogen) atoms. The van der Waals surface area contributed by atoms with Gasteiger partial charge in [-0.1, -0.05) is 147 Å². The molecule has 0 unspecified atom stereocenters. The molecule has 6 heteroatoms. The Labute approximate surface area is 381 Å². The molecule has 6 aromatic carbocycles.